The second-order valence-corrected chi connectivity index (χ2v) is 8.32. The van der Waals surface area contributed by atoms with Crippen LogP contribution in [-0.2, 0) is 0 Å². The summed E-state index contributed by atoms with van der Waals surface area (Å²) in [5.41, 5.74) is 6.64. The lowest BCUT2D eigenvalue weighted by atomic mass is 9.86. The first-order valence-corrected chi connectivity index (χ1v) is 11.6. The van der Waals surface area contributed by atoms with Crippen molar-refractivity contribution >= 4 is 16.7 Å². The molecule has 4 aromatic rings. The van der Waals surface area contributed by atoms with Crippen molar-refractivity contribution in [1.29, 1.82) is 0 Å². The van der Waals surface area contributed by atoms with Gasteiger partial charge in [-0.15, -0.1) is 0 Å². The van der Waals surface area contributed by atoms with Gasteiger partial charge in [-0.3, -0.25) is 9.15 Å². The highest BCUT2D eigenvalue weighted by atomic mass is 17.0. The average Bonchev–Trinajstić information content (AvgIpc) is 3.29. The molecule has 0 saturated carbocycles. The predicted octanol–water partition coefficient (Wildman–Crippen LogP) is 7.52. The molecule has 0 N–H and O–H groups in total. The van der Waals surface area contributed by atoms with E-state index in [0.29, 0.717) is 0 Å². The van der Waals surface area contributed by atoms with Gasteiger partial charge in [-0.05, 0) is 79.9 Å². The maximum absolute atomic E-state index is 6.49. The first-order chi connectivity index (χ1) is 16.6. The quantitative estimate of drug-likeness (QED) is 0.293. The van der Waals surface area contributed by atoms with E-state index >= 15 is 0 Å². The van der Waals surface area contributed by atoms with Crippen molar-refractivity contribution in [3.63, 3.8) is 0 Å². The lowest BCUT2D eigenvalue weighted by Crippen LogP contribution is -2.17. The zero-order chi connectivity index (χ0) is 23.8. The van der Waals surface area contributed by atoms with Gasteiger partial charge < -0.3 is 18.9 Å². The van der Waals surface area contributed by atoms with Crippen LogP contribution in [0, 0.1) is 0 Å². The molecule has 0 amide bonds. The summed E-state index contributed by atoms with van der Waals surface area (Å²) >= 11 is 0. The van der Waals surface area contributed by atoms with E-state index in [0.717, 1.165) is 62.0 Å². The molecule has 3 aromatic carbocycles. The first-order valence-electron chi connectivity index (χ1n) is 11.6. The molecule has 0 fully saturated rings. The van der Waals surface area contributed by atoms with Crippen molar-refractivity contribution in [2.75, 3.05) is 6.79 Å². The number of fused-ring (bicyclic) bond motifs is 3. The Hall–Kier alpha value is -3.80. The summed E-state index contributed by atoms with van der Waals surface area (Å²) in [5.74, 6) is 3.10. The van der Waals surface area contributed by atoms with Gasteiger partial charge in [0.05, 0.1) is 6.10 Å². The Bertz CT molecular complexity index is 1360. The van der Waals surface area contributed by atoms with Crippen LogP contribution in [0.25, 0.3) is 16.7 Å². The monoisotopic (exact) mass is 460 g/mol. The average molecular weight is 461 g/mol. The molecule has 1 unspecified atom stereocenters. The van der Waals surface area contributed by atoms with Gasteiger partial charge in [-0.25, -0.2) is 0 Å². The molecule has 176 valence electrons. The summed E-state index contributed by atoms with van der Waals surface area (Å²) in [7, 11) is 0. The molecule has 0 aliphatic carbocycles. The van der Waals surface area contributed by atoms with Gasteiger partial charge in [-0.1, -0.05) is 26.0 Å². The van der Waals surface area contributed by atoms with Crippen LogP contribution in [0.3, 0.4) is 0 Å². The van der Waals surface area contributed by atoms with Gasteiger partial charge in [0, 0.05) is 11.1 Å². The molecule has 1 atom stereocenters. The van der Waals surface area contributed by atoms with Crippen molar-refractivity contribution in [1.82, 2.24) is 0 Å². The fourth-order valence-electron chi connectivity index (χ4n) is 4.34. The number of hydrogen-bond acceptors (Lipinski definition) is 6. The fraction of sp³-hybridized carbons (Fsp3) is 0.286. The minimum absolute atomic E-state index is 0.0778. The Balaban J connectivity index is 0.00000117. The first kappa shape index (κ1) is 22.0. The summed E-state index contributed by atoms with van der Waals surface area (Å²) in [4.78, 5) is 0. The molecule has 2 aliphatic rings. The van der Waals surface area contributed by atoms with E-state index in [1.54, 1.807) is 0 Å². The van der Waals surface area contributed by atoms with Gasteiger partial charge in [0.2, 0.25) is 18.0 Å². The van der Waals surface area contributed by atoms with E-state index in [9.17, 15) is 0 Å². The second-order valence-electron chi connectivity index (χ2n) is 8.32. The van der Waals surface area contributed by atoms with E-state index in [1.165, 1.54) is 0 Å². The van der Waals surface area contributed by atoms with Crippen LogP contribution in [0.4, 0.5) is 0 Å². The Morgan fingerprint density at radius 3 is 2.32 bits per heavy atom. The lowest BCUT2D eigenvalue weighted by molar-refractivity contribution is 0.0586. The van der Waals surface area contributed by atoms with Gasteiger partial charge in [0.1, 0.15) is 17.6 Å². The predicted molar refractivity (Wildman–Crippen MR) is 130 cm³/mol. The SMILES string of the molecule is CC.CC1=C(c2ccc3c(c2)OCO3)c2cc(OC(C)C)ccc2OC1c1ccc2ooc2c1. The van der Waals surface area contributed by atoms with Gasteiger partial charge in [-0.2, -0.15) is 0 Å². The largest absolute Gasteiger partial charge is 0.491 e. The number of hydrogen-bond donors (Lipinski definition) is 0. The molecule has 6 rings (SSSR count). The highest BCUT2D eigenvalue weighted by molar-refractivity contribution is 5.88. The standard InChI is InChI=1S/C26H22O6.C2H6/c1-14(2)29-18-6-9-20-19(12-18)25(16-4-7-21-23(10-16)28-13-27-21)15(3)26(30-20)17-5-8-22-24(11-17)32-31-22;1-2/h4-12,14,26H,13H2,1-3H3;1-2H3. The Morgan fingerprint density at radius 2 is 1.59 bits per heavy atom. The molecule has 3 heterocycles. The smallest absolute Gasteiger partial charge is 0.231 e. The van der Waals surface area contributed by atoms with Gasteiger partial charge in [0.15, 0.2) is 11.5 Å². The van der Waals surface area contributed by atoms with Crippen molar-refractivity contribution in [3.8, 4) is 23.0 Å². The topological polar surface area (TPSA) is 63.2 Å². The fourth-order valence-corrected chi connectivity index (χ4v) is 4.34. The van der Waals surface area contributed by atoms with Gasteiger partial charge >= 0.3 is 0 Å². The van der Waals surface area contributed by atoms with Crippen LogP contribution in [0.15, 0.2) is 69.3 Å². The number of ether oxygens (including phenoxy) is 4. The zero-order valence-corrected chi connectivity index (χ0v) is 20.0. The number of rotatable bonds is 4. The molecule has 0 saturated heterocycles. The summed E-state index contributed by atoms with van der Waals surface area (Å²) in [5, 5.41) is 0. The Kier molecular flexibility index (Phi) is 5.74. The van der Waals surface area contributed by atoms with E-state index in [-0.39, 0.29) is 19.0 Å². The molecule has 2 aliphatic heterocycles. The summed E-state index contributed by atoms with van der Waals surface area (Å²) < 4.78 is 33.7. The van der Waals surface area contributed by atoms with Crippen LogP contribution in [0.5, 0.6) is 23.0 Å². The highest BCUT2D eigenvalue weighted by Crippen LogP contribution is 2.48. The highest BCUT2D eigenvalue weighted by Gasteiger charge is 2.30. The lowest BCUT2D eigenvalue weighted by Gasteiger charge is -2.31. The third-order valence-electron chi connectivity index (χ3n) is 5.78. The van der Waals surface area contributed by atoms with Crippen LogP contribution in [0.2, 0.25) is 0 Å². The molecule has 6 heteroatoms. The van der Waals surface area contributed by atoms with Crippen molar-refractivity contribution in [2.45, 2.75) is 46.8 Å². The van der Waals surface area contributed by atoms with Crippen molar-refractivity contribution in [2.24, 2.45) is 0 Å². The van der Waals surface area contributed by atoms with Crippen molar-refractivity contribution < 1.29 is 28.1 Å². The van der Waals surface area contributed by atoms with Crippen LogP contribution in [-0.4, -0.2) is 12.9 Å². The van der Waals surface area contributed by atoms with E-state index < -0.39 is 0 Å². The third-order valence-corrected chi connectivity index (χ3v) is 5.78. The molecule has 0 radical (unpaired) electrons. The Morgan fingerprint density at radius 1 is 0.824 bits per heavy atom. The Labute approximate surface area is 198 Å². The molecule has 34 heavy (non-hydrogen) atoms. The minimum atomic E-state index is -0.269. The molecule has 0 spiro atoms. The van der Waals surface area contributed by atoms with Crippen LogP contribution >= 0.6 is 0 Å². The van der Waals surface area contributed by atoms with Crippen LogP contribution in [0.1, 0.15) is 57.4 Å². The van der Waals surface area contributed by atoms with E-state index in [4.69, 9.17) is 28.1 Å². The molecular weight excluding hydrogens is 432 g/mol. The van der Waals surface area contributed by atoms with E-state index in [2.05, 4.69) is 13.0 Å². The molecule has 1 aromatic heterocycles. The molecular formula is C28H28O6. The van der Waals surface area contributed by atoms with Gasteiger partial charge in [0.25, 0.3) is 0 Å². The van der Waals surface area contributed by atoms with Crippen LogP contribution < -0.4 is 18.9 Å². The maximum Gasteiger partial charge on any atom is 0.231 e. The molecule has 6 nitrogen and oxygen atoms in total. The third kappa shape index (κ3) is 3.79. The normalized spacial score (nSPS) is 16.2. The summed E-state index contributed by atoms with van der Waals surface area (Å²) in [6.45, 7) is 10.4. The zero-order valence-electron chi connectivity index (χ0n) is 20.0. The summed E-state index contributed by atoms with van der Waals surface area (Å²) in [6, 6.07) is 17.9. The second kappa shape index (κ2) is 8.86. The maximum atomic E-state index is 6.49. The minimum Gasteiger partial charge on any atom is -0.491 e. The van der Waals surface area contributed by atoms with E-state index in [1.807, 2.05) is 76.2 Å². The summed E-state index contributed by atoms with van der Waals surface area (Å²) in [6.07, 6.45) is -0.191. The molecule has 0 bridgehead atoms. The van der Waals surface area contributed by atoms with Crippen molar-refractivity contribution in [3.05, 3.63) is 76.9 Å². The number of benzene rings is 3.